The lowest BCUT2D eigenvalue weighted by atomic mass is 10.0. The molecule has 0 spiro atoms. The summed E-state index contributed by atoms with van der Waals surface area (Å²) >= 11 is 5.01. The van der Waals surface area contributed by atoms with Crippen LogP contribution >= 0.6 is 12.2 Å². The molecule has 2 rings (SSSR count). The largest absolute Gasteiger partial charge is 0.389 e. The Hall–Kier alpha value is -1.46. The standard InChI is InChI=1S/C16H23N3OS/c1-11-9-13(16(17)21)3-4-14(11)10-19-7-5-15(6-8-19)18-12(2)20/h3-4,9,15H,5-8,10H2,1-2H3,(H2,17,21)(H,18,20). The van der Waals surface area contributed by atoms with Crippen LogP contribution in [0.2, 0.25) is 0 Å². The molecule has 1 aliphatic heterocycles. The molecule has 0 atom stereocenters. The van der Waals surface area contributed by atoms with Gasteiger partial charge in [-0.05, 0) is 37.0 Å². The van der Waals surface area contributed by atoms with E-state index in [9.17, 15) is 4.79 Å². The van der Waals surface area contributed by atoms with E-state index in [0.29, 0.717) is 11.0 Å². The van der Waals surface area contributed by atoms with Gasteiger partial charge in [0.2, 0.25) is 5.91 Å². The first-order valence-corrected chi connectivity index (χ1v) is 7.75. The van der Waals surface area contributed by atoms with Crippen molar-refractivity contribution < 1.29 is 4.79 Å². The molecule has 0 saturated carbocycles. The van der Waals surface area contributed by atoms with E-state index in [2.05, 4.69) is 29.3 Å². The van der Waals surface area contributed by atoms with Crippen molar-refractivity contribution in [3.8, 4) is 0 Å². The molecule has 5 heteroatoms. The van der Waals surface area contributed by atoms with Crippen molar-refractivity contribution in [1.29, 1.82) is 0 Å². The van der Waals surface area contributed by atoms with Gasteiger partial charge in [0, 0.05) is 38.2 Å². The Labute approximate surface area is 131 Å². The average molecular weight is 305 g/mol. The lowest BCUT2D eigenvalue weighted by Crippen LogP contribution is -2.43. The van der Waals surface area contributed by atoms with E-state index < -0.39 is 0 Å². The summed E-state index contributed by atoms with van der Waals surface area (Å²) in [5.41, 5.74) is 9.12. The number of nitrogens with zero attached hydrogens (tertiary/aromatic N) is 1. The minimum absolute atomic E-state index is 0.0673. The van der Waals surface area contributed by atoms with Crippen molar-refractivity contribution >= 4 is 23.1 Å². The molecule has 114 valence electrons. The summed E-state index contributed by atoms with van der Waals surface area (Å²) < 4.78 is 0. The van der Waals surface area contributed by atoms with Gasteiger partial charge in [0.1, 0.15) is 4.99 Å². The van der Waals surface area contributed by atoms with E-state index in [4.69, 9.17) is 18.0 Å². The van der Waals surface area contributed by atoms with Crippen LogP contribution < -0.4 is 11.1 Å². The molecule has 1 aromatic carbocycles. The first-order valence-electron chi connectivity index (χ1n) is 7.34. The molecule has 3 N–H and O–H groups in total. The van der Waals surface area contributed by atoms with Gasteiger partial charge in [-0.3, -0.25) is 9.69 Å². The van der Waals surface area contributed by atoms with E-state index in [-0.39, 0.29) is 5.91 Å². The summed E-state index contributed by atoms with van der Waals surface area (Å²) in [5.74, 6) is 0.0673. The van der Waals surface area contributed by atoms with Crippen molar-refractivity contribution in [3.63, 3.8) is 0 Å². The first-order chi connectivity index (χ1) is 9.95. The summed E-state index contributed by atoms with van der Waals surface area (Å²) in [5, 5.41) is 3.00. The second kappa shape index (κ2) is 7.00. The molecule has 1 fully saturated rings. The number of piperidine rings is 1. The summed E-state index contributed by atoms with van der Waals surface area (Å²) in [7, 11) is 0. The van der Waals surface area contributed by atoms with Crippen LogP contribution in [0.4, 0.5) is 0 Å². The van der Waals surface area contributed by atoms with Crippen molar-refractivity contribution in [2.75, 3.05) is 13.1 Å². The van der Waals surface area contributed by atoms with Crippen LogP contribution in [0.3, 0.4) is 0 Å². The zero-order chi connectivity index (χ0) is 15.4. The number of hydrogen-bond donors (Lipinski definition) is 2. The maximum atomic E-state index is 11.1. The highest BCUT2D eigenvalue weighted by Crippen LogP contribution is 2.17. The Kier molecular flexibility index (Phi) is 5.31. The number of likely N-dealkylation sites (tertiary alicyclic amines) is 1. The first kappa shape index (κ1) is 15.9. The summed E-state index contributed by atoms with van der Waals surface area (Å²) in [4.78, 5) is 13.9. The van der Waals surface area contributed by atoms with Crippen LogP contribution in [0.15, 0.2) is 18.2 Å². The highest BCUT2D eigenvalue weighted by molar-refractivity contribution is 7.80. The number of rotatable bonds is 4. The SMILES string of the molecule is CC(=O)NC1CCN(Cc2ccc(C(N)=S)cc2C)CC1. The Morgan fingerprint density at radius 2 is 2.10 bits per heavy atom. The van der Waals surface area contributed by atoms with Gasteiger partial charge < -0.3 is 11.1 Å². The quantitative estimate of drug-likeness (QED) is 0.832. The van der Waals surface area contributed by atoms with Crippen LogP contribution in [-0.4, -0.2) is 34.9 Å². The molecule has 0 radical (unpaired) electrons. The van der Waals surface area contributed by atoms with Crippen LogP contribution in [0.25, 0.3) is 0 Å². The summed E-state index contributed by atoms with van der Waals surface area (Å²) in [6, 6.07) is 6.50. The van der Waals surface area contributed by atoms with Gasteiger partial charge in [-0.25, -0.2) is 0 Å². The van der Waals surface area contributed by atoms with Gasteiger partial charge in [0.15, 0.2) is 0 Å². The Bertz CT molecular complexity index is 536. The van der Waals surface area contributed by atoms with Crippen molar-refractivity contribution in [2.24, 2.45) is 5.73 Å². The lowest BCUT2D eigenvalue weighted by molar-refractivity contribution is -0.119. The van der Waals surface area contributed by atoms with Gasteiger partial charge in [0.05, 0.1) is 0 Å². The second-order valence-electron chi connectivity index (χ2n) is 5.76. The topological polar surface area (TPSA) is 58.4 Å². The molecule has 1 aromatic rings. The fourth-order valence-corrected chi connectivity index (χ4v) is 2.92. The molecule has 0 bridgehead atoms. The van der Waals surface area contributed by atoms with E-state index in [0.717, 1.165) is 38.0 Å². The number of amides is 1. The molecule has 1 amide bonds. The monoisotopic (exact) mass is 305 g/mol. The second-order valence-corrected chi connectivity index (χ2v) is 6.20. The highest BCUT2D eigenvalue weighted by atomic mass is 32.1. The normalized spacial score (nSPS) is 16.7. The molecule has 4 nitrogen and oxygen atoms in total. The number of carbonyl (C=O) groups excluding carboxylic acids is 1. The Balaban J connectivity index is 1.91. The molecule has 1 heterocycles. The van der Waals surface area contributed by atoms with Crippen molar-refractivity contribution in [1.82, 2.24) is 10.2 Å². The minimum atomic E-state index is 0.0673. The molecular weight excluding hydrogens is 282 g/mol. The number of nitrogens with two attached hydrogens (primary N) is 1. The summed E-state index contributed by atoms with van der Waals surface area (Å²) in [6.07, 6.45) is 2.03. The Morgan fingerprint density at radius 3 is 2.62 bits per heavy atom. The molecule has 0 aliphatic carbocycles. The van der Waals surface area contributed by atoms with Crippen LogP contribution in [0.5, 0.6) is 0 Å². The van der Waals surface area contributed by atoms with E-state index in [1.807, 2.05) is 6.07 Å². The van der Waals surface area contributed by atoms with Gasteiger partial charge in [0.25, 0.3) is 0 Å². The number of nitrogens with one attached hydrogen (secondary N) is 1. The third-order valence-corrected chi connectivity index (χ3v) is 4.25. The van der Waals surface area contributed by atoms with E-state index in [1.165, 1.54) is 11.1 Å². The molecular formula is C16H23N3OS. The number of hydrogen-bond acceptors (Lipinski definition) is 3. The van der Waals surface area contributed by atoms with E-state index >= 15 is 0 Å². The molecule has 1 aliphatic rings. The van der Waals surface area contributed by atoms with Gasteiger partial charge >= 0.3 is 0 Å². The smallest absolute Gasteiger partial charge is 0.217 e. The zero-order valence-corrected chi connectivity index (χ0v) is 13.5. The number of thiocarbonyl (C=S) groups is 1. The molecule has 0 aromatic heterocycles. The fraction of sp³-hybridized carbons (Fsp3) is 0.500. The predicted octanol–water partition coefficient (Wildman–Crippen LogP) is 1.73. The lowest BCUT2D eigenvalue weighted by Gasteiger charge is -2.32. The number of carbonyl (C=O) groups is 1. The van der Waals surface area contributed by atoms with Crippen molar-refractivity contribution in [2.45, 2.75) is 39.3 Å². The van der Waals surface area contributed by atoms with Gasteiger partial charge in [-0.15, -0.1) is 0 Å². The third-order valence-electron chi connectivity index (χ3n) is 4.02. The Morgan fingerprint density at radius 1 is 1.43 bits per heavy atom. The van der Waals surface area contributed by atoms with Gasteiger partial charge in [-0.2, -0.15) is 0 Å². The van der Waals surface area contributed by atoms with Crippen LogP contribution in [-0.2, 0) is 11.3 Å². The molecule has 0 unspecified atom stereocenters. The number of aryl methyl sites for hydroxylation is 1. The van der Waals surface area contributed by atoms with Crippen molar-refractivity contribution in [3.05, 3.63) is 34.9 Å². The van der Waals surface area contributed by atoms with Gasteiger partial charge in [-0.1, -0.05) is 24.4 Å². The van der Waals surface area contributed by atoms with Crippen LogP contribution in [0.1, 0.15) is 36.5 Å². The highest BCUT2D eigenvalue weighted by Gasteiger charge is 2.20. The third kappa shape index (κ3) is 4.51. The van der Waals surface area contributed by atoms with Crippen LogP contribution in [0, 0.1) is 6.92 Å². The predicted molar refractivity (Wildman–Crippen MR) is 89.2 cm³/mol. The fourth-order valence-electron chi connectivity index (χ4n) is 2.79. The molecule has 1 saturated heterocycles. The zero-order valence-electron chi connectivity index (χ0n) is 12.7. The maximum Gasteiger partial charge on any atom is 0.217 e. The number of benzene rings is 1. The van der Waals surface area contributed by atoms with E-state index in [1.54, 1.807) is 6.92 Å². The maximum absolute atomic E-state index is 11.1. The average Bonchev–Trinajstić information content (AvgIpc) is 2.42. The molecule has 21 heavy (non-hydrogen) atoms. The minimum Gasteiger partial charge on any atom is -0.389 e. The summed E-state index contributed by atoms with van der Waals surface area (Å²) in [6.45, 7) is 6.65.